The summed E-state index contributed by atoms with van der Waals surface area (Å²) in [6.45, 7) is -0.673. The Morgan fingerprint density at radius 2 is 2.32 bits per heavy atom. The van der Waals surface area contributed by atoms with Crippen molar-refractivity contribution in [2.24, 2.45) is 0 Å². The quantitative estimate of drug-likeness (QED) is 0.400. The van der Waals surface area contributed by atoms with E-state index in [0.29, 0.717) is 0 Å². The van der Waals surface area contributed by atoms with Gasteiger partial charge in [0.25, 0.3) is 5.56 Å². The average Bonchev–Trinajstić information content (AvgIpc) is 3.01. The van der Waals surface area contributed by atoms with E-state index in [1.165, 1.54) is 16.8 Å². The number of terminal acetylenes is 1. The number of aromatic amines is 1. The summed E-state index contributed by atoms with van der Waals surface area (Å²) in [6.07, 6.45) is 2.73. The number of nitrogen functional groups attached to an aromatic ring is 1. The number of fused-ring (bicyclic) bond motifs is 1. The minimum Gasteiger partial charge on any atom is -0.392 e. The van der Waals surface area contributed by atoms with Gasteiger partial charge in [-0.25, -0.2) is 0 Å². The average molecular weight is 306 g/mol. The number of aliphatic hydroxyl groups excluding tert-OH is 3. The highest BCUT2D eigenvalue weighted by Crippen LogP contribution is 2.37. The molecule has 9 nitrogen and oxygen atoms in total. The van der Waals surface area contributed by atoms with E-state index in [0.717, 1.165) is 0 Å². The topological polar surface area (TPSA) is 147 Å². The van der Waals surface area contributed by atoms with Crippen molar-refractivity contribution in [3.05, 3.63) is 22.6 Å². The van der Waals surface area contributed by atoms with Crippen molar-refractivity contribution in [1.29, 1.82) is 0 Å². The van der Waals surface area contributed by atoms with Crippen LogP contribution in [0.2, 0.25) is 0 Å². The van der Waals surface area contributed by atoms with Crippen molar-refractivity contribution in [2.75, 3.05) is 12.3 Å². The van der Waals surface area contributed by atoms with Crippen molar-refractivity contribution in [2.45, 2.75) is 24.0 Å². The Hall–Kier alpha value is -2.38. The lowest BCUT2D eigenvalue weighted by Gasteiger charge is -2.23. The molecule has 116 valence electrons. The number of anilines is 1. The third-order valence-electron chi connectivity index (χ3n) is 3.78. The highest BCUT2D eigenvalue weighted by Gasteiger charge is 2.54. The summed E-state index contributed by atoms with van der Waals surface area (Å²) in [5, 5.41) is 29.9. The molecule has 1 unspecified atom stereocenters. The van der Waals surface area contributed by atoms with Gasteiger partial charge in [-0.1, -0.05) is 5.92 Å². The first-order valence-corrected chi connectivity index (χ1v) is 6.42. The maximum absolute atomic E-state index is 11.8. The van der Waals surface area contributed by atoms with Crippen LogP contribution in [0.5, 0.6) is 0 Å². The zero-order chi connectivity index (χ0) is 16.1. The Morgan fingerprint density at radius 3 is 2.91 bits per heavy atom. The number of aromatic nitrogens is 3. The summed E-state index contributed by atoms with van der Waals surface area (Å²) in [5.41, 5.74) is 3.51. The number of aliphatic hydroxyl groups is 3. The Balaban J connectivity index is 2.13. The number of H-pyrrole nitrogens is 1. The van der Waals surface area contributed by atoms with E-state index in [2.05, 4.69) is 15.9 Å². The molecule has 0 radical (unpaired) electrons. The zero-order valence-corrected chi connectivity index (χ0v) is 11.3. The standard InChI is InChI=1S/C13H14N4O5/c1-2-13(5-18)8(20)7(19)11(22-13)17-4-3-6-9(17)15-12(14)16-10(6)21/h1,3-4,7-8,11,18-20H,5H2,(H3,14,15,16,21)/t7?,8-,11-,13-/m1/s1. The molecule has 1 aliphatic heterocycles. The van der Waals surface area contributed by atoms with Crippen LogP contribution in [0.4, 0.5) is 5.95 Å². The first-order chi connectivity index (χ1) is 10.4. The van der Waals surface area contributed by atoms with Gasteiger partial charge in [0.15, 0.2) is 17.5 Å². The van der Waals surface area contributed by atoms with Gasteiger partial charge in [0.2, 0.25) is 5.95 Å². The van der Waals surface area contributed by atoms with Crippen LogP contribution in [0.1, 0.15) is 6.23 Å². The summed E-state index contributed by atoms with van der Waals surface area (Å²) < 4.78 is 6.82. The molecule has 1 fully saturated rings. The smallest absolute Gasteiger partial charge is 0.261 e. The normalized spacial score (nSPS) is 31.5. The number of rotatable bonds is 2. The molecular formula is C13H14N4O5. The van der Waals surface area contributed by atoms with Crippen LogP contribution in [-0.4, -0.2) is 54.3 Å². The minimum atomic E-state index is -1.73. The highest BCUT2D eigenvalue weighted by molar-refractivity contribution is 5.76. The molecule has 2 aromatic rings. The number of hydrogen-bond donors (Lipinski definition) is 5. The second kappa shape index (κ2) is 4.82. The minimum absolute atomic E-state index is 0.101. The Kier molecular flexibility index (Phi) is 3.19. The van der Waals surface area contributed by atoms with Crippen molar-refractivity contribution < 1.29 is 20.1 Å². The molecule has 3 rings (SSSR count). The van der Waals surface area contributed by atoms with E-state index in [1.807, 2.05) is 0 Å². The SMILES string of the molecule is C#C[C@]1(CO)O[C@@H](n2ccc3c(=O)[nH]c(N)nc32)C(O)[C@H]1O. The molecule has 0 spiro atoms. The molecule has 0 bridgehead atoms. The summed E-state index contributed by atoms with van der Waals surface area (Å²) >= 11 is 0. The predicted molar refractivity (Wildman–Crippen MR) is 75.6 cm³/mol. The van der Waals surface area contributed by atoms with Crippen molar-refractivity contribution in [3.8, 4) is 12.3 Å². The van der Waals surface area contributed by atoms with Crippen LogP contribution in [0.15, 0.2) is 17.1 Å². The summed E-state index contributed by atoms with van der Waals surface area (Å²) in [4.78, 5) is 18.1. The maximum Gasteiger partial charge on any atom is 0.261 e. The van der Waals surface area contributed by atoms with Crippen LogP contribution in [0.25, 0.3) is 11.0 Å². The highest BCUT2D eigenvalue weighted by atomic mass is 16.6. The Bertz CT molecular complexity index is 822. The molecule has 1 saturated heterocycles. The maximum atomic E-state index is 11.8. The third-order valence-corrected chi connectivity index (χ3v) is 3.78. The first kappa shape index (κ1) is 14.6. The predicted octanol–water partition coefficient (Wildman–Crippen LogP) is -2.08. The molecule has 0 amide bonds. The van der Waals surface area contributed by atoms with E-state index >= 15 is 0 Å². The van der Waals surface area contributed by atoms with Gasteiger partial charge < -0.3 is 30.4 Å². The second-order valence-electron chi connectivity index (χ2n) is 5.05. The van der Waals surface area contributed by atoms with Crippen LogP contribution in [0.3, 0.4) is 0 Å². The Labute approximate surface area is 124 Å². The fraction of sp³-hybridized carbons (Fsp3) is 0.385. The summed E-state index contributed by atoms with van der Waals surface area (Å²) in [7, 11) is 0. The number of nitrogens with zero attached hydrogens (tertiary/aromatic N) is 2. The lowest BCUT2D eigenvalue weighted by Crippen LogP contribution is -2.44. The van der Waals surface area contributed by atoms with Gasteiger partial charge in [0.1, 0.15) is 12.2 Å². The second-order valence-corrected chi connectivity index (χ2v) is 5.05. The van der Waals surface area contributed by atoms with Crippen molar-refractivity contribution in [1.82, 2.24) is 14.5 Å². The summed E-state index contributed by atoms with van der Waals surface area (Å²) in [5.74, 6) is 2.06. The molecule has 0 aliphatic carbocycles. The van der Waals surface area contributed by atoms with Gasteiger partial charge >= 0.3 is 0 Å². The Morgan fingerprint density at radius 1 is 1.59 bits per heavy atom. The van der Waals surface area contributed by atoms with E-state index in [9.17, 15) is 20.1 Å². The number of nitrogens with one attached hydrogen (secondary N) is 1. The zero-order valence-electron chi connectivity index (χ0n) is 11.3. The number of hydrogen-bond acceptors (Lipinski definition) is 7. The molecule has 9 heteroatoms. The lowest BCUT2D eigenvalue weighted by atomic mass is 9.97. The number of nitrogens with two attached hydrogens (primary N) is 1. The van der Waals surface area contributed by atoms with Gasteiger partial charge in [-0.2, -0.15) is 4.98 Å². The van der Waals surface area contributed by atoms with E-state index < -0.39 is 36.2 Å². The van der Waals surface area contributed by atoms with Crippen LogP contribution < -0.4 is 11.3 Å². The molecule has 0 aromatic carbocycles. The molecule has 1 aliphatic rings. The van der Waals surface area contributed by atoms with E-state index in [-0.39, 0.29) is 17.0 Å². The lowest BCUT2D eigenvalue weighted by molar-refractivity contribution is -0.0909. The van der Waals surface area contributed by atoms with Crippen molar-refractivity contribution >= 4 is 17.0 Å². The molecule has 2 aromatic heterocycles. The van der Waals surface area contributed by atoms with Gasteiger partial charge in [0.05, 0.1) is 12.0 Å². The van der Waals surface area contributed by atoms with E-state index in [1.54, 1.807) is 0 Å². The molecule has 4 atom stereocenters. The fourth-order valence-corrected chi connectivity index (χ4v) is 2.57. The molecule has 22 heavy (non-hydrogen) atoms. The molecule has 0 saturated carbocycles. The monoisotopic (exact) mass is 306 g/mol. The summed E-state index contributed by atoms with van der Waals surface area (Å²) in [6, 6.07) is 1.47. The van der Waals surface area contributed by atoms with Gasteiger partial charge in [0, 0.05) is 6.20 Å². The van der Waals surface area contributed by atoms with Gasteiger partial charge in [-0.3, -0.25) is 9.78 Å². The molecular weight excluding hydrogens is 292 g/mol. The fourth-order valence-electron chi connectivity index (χ4n) is 2.57. The third kappa shape index (κ3) is 1.83. The van der Waals surface area contributed by atoms with Crippen LogP contribution >= 0.6 is 0 Å². The van der Waals surface area contributed by atoms with Gasteiger partial charge in [-0.15, -0.1) is 6.42 Å². The number of ether oxygens (including phenoxy) is 1. The van der Waals surface area contributed by atoms with E-state index in [4.69, 9.17) is 16.9 Å². The van der Waals surface area contributed by atoms with Crippen molar-refractivity contribution in [3.63, 3.8) is 0 Å². The molecule has 6 N–H and O–H groups in total. The first-order valence-electron chi connectivity index (χ1n) is 6.42. The van der Waals surface area contributed by atoms with Crippen LogP contribution in [-0.2, 0) is 4.74 Å². The van der Waals surface area contributed by atoms with Gasteiger partial charge in [-0.05, 0) is 6.07 Å². The largest absolute Gasteiger partial charge is 0.392 e. The van der Waals surface area contributed by atoms with Crippen LogP contribution in [0, 0.1) is 12.3 Å². The molecule has 3 heterocycles.